The third-order valence-electron chi connectivity index (χ3n) is 1.83. The second-order valence-electron chi connectivity index (χ2n) is 3.10. The fraction of sp³-hybridized carbons (Fsp3) is 0.750. The smallest absolute Gasteiger partial charge is 0.218 e. The predicted molar refractivity (Wildman–Crippen MR) is 60.9 cm³/mol. The molecular formula is C8H16N6OS. The van der Waals surface area contributed by atoms with Crippen LogP contribution in [0.5, 0.6) is 0 Å². The summed E-state index contributed by atoms with van der Waals surface area (Å²) in [5.41, 5.74) is 5.05. The molecular weight excluding hydrogens is 228 g/mol. The summed E-state index contributed by atoms with van der Waals surface area (Å²) >= 11 is 1.44. The summed E-state index contributed by atoms with van der Waals surface area (Å²) in [7, 11) is 0. The van der Waals surface area contributed by atoms with E-state index in [0.717, 1.165) is 24.8 Å². The number of hydrogen-bond donors (Lipinski definition) is 2. The van der Waals surface area contributed by atoms with E-state index in [2.05, 4.69) is 20.8 Å². The minimum absolute atomic E-state index is 0.306. The molecule has 0 aliphatic heterocycles. The van der Waals surface area contributed by atoms with E-state index in [1.54, 1.807) is 4.68 Å². The Morgan fingerprint density at radius 1 is 1.62 bits per heavy atom. The molecule has 0 fully saturated rings. The van der Waals surface area contributed by atoms with Crippen molar-refractivity contribution in [3.05, 3.63) is 0 Å². The molecule has 7 nitrogen and oxygen atoms in total. The van der Waals surface area contributed by atoms with Gasteiger partial charge in [-0.25, -0.2) is 4.68 Å². The van der Waals surface area contributed by atoms with E-state index in [1.165, 1.54) is 11.8 Å². The normalized spacial score (nSPS) is 10.6. The van der Waals surface area contributed by atoms with Gasteiger partial charge in [0.25, 0.3) is 0 Å². The highest BCUT2D eigenvalue weighted by atomic mass is 32.2. The summed E-state index contributed by atoms with van der Waals surface area (Å²) in [4.78, 5) is 10.6. The van der Waals surface area contributed by atoms with E-state index in [1.807, 2.05) is 6.92 Å². The van der Waals surface area contributed by atoms with Crippen molar-refractivity contribution in [2.75, 3.05) is 18.8 Å². The standard InChI is InChI=1S/C8H16N6OS/c1-2-10-4-5-14-8(11-12-13-14)16-6-3-7(9)15/h10H,2-6H2,1H3,(H2,9,15). The predicted octanol–water partition coefficient (Wildman–Crippen LogP) is -0.750. The molecule has 1 aromatic rings. The molecule has 0 aromatic carbocycles. The second kappa shape index (κ2) is 7.18. The summed E-state index contributed by atoms with van der Waals surface area (Å²) in [6, 6.07) is 0. The Kier molecular flexibility index (Phi) is 5.79. The maximum absolute atomic E-state index is 10.6. The number of nitrogens with one attached hydrogen (secondary N) is 1. The van der Waals surface area contributed by atoms with Gasteiger partial charge in [-0.1, -0.05) is 18.7 Å². The van der Waals surface area contributed by atoms with Crippen molar-refractivity contribution in [2.45, 2.75) is 25.0 Å². The molecule has 0 spiro atoms. The average molecular weight is 244 g/mol. The molecule has 3 N–H and O–H groups in total. The van der Waals surface area contributed by atoms with Gasteiger partial charge in [0.1, 0.15) is 0 Å². The van der Waals surface area contributed by atoms with Gasteiger partial charge in [0.05, 0.1) is 6.54 Å². The summed E-state index contributed by atoms with van der Waals surface area (Å²) in [5, 5.41) is 15.2. The molecule has 16 heavy (non-hydrogen) atoms. The number of carbonyl (C=O) groups is 1. The topological polar surface area (TPSA) is 98.7 Å². The number of hydrogen-bond acceptors (Lipinski definition) is 6. The van der Waals surface area contributed by atoms with Crippen LogP contribution >= 0.6 is 11.8 Å². The molecule has 1 aromatic heterocycles. The minimum Gasteiger partial charge on any atom is -0.370 e. The number of thioether (sulfide) groups is 1. The lowest BCUT2D eigenvalue weighted by atomic mass is 10.5. The first-order valence-corrected chi connectivity index (χ1v) is 6.10. The van der Waals surface area contributed by atoms with Gasteiger partial charge >= 0.3 is 0 Å². The molecule has 1 amide bonds. The fourth-order valence-electron chi connectivity index (χ4n) is 1.04. The Labute approximate surface area is 98.1 Å². The Hall–Kier alpha value is -1.15. The Morgan fingerprint density at radius 2 is 2.44 bits per heavy atom. The first-order valence-electron chi connectivity index (χ1n) is 5.12. The van der Waals surface area contributed by atoms with E-state index in [4.69, 9.17) is 5.73 Å². The zero-order valence-corrected chi connectivity index (χ0v) is 10.0. The number of nitrogens with zero attached hydrogens (tertiary/aromatic N) is 4. The lowest BCUT2D eigenvalue weighted by Crippen LogP contribution is -2.20. The third kappa shape index (κ3) is 4.58. The average Bonchev–Trinajstić information content (AvgIpc) is 2.66. The third-order valence-corrected chi connectivity index (χ3v) is 2.79. The van der Waals surface area contributed by atoms with Crippen LogP contribution < -0.4 is 11.1 Å². The van der Waals surface area contributed by atoms with Crippen LogP contribution in [0.3, 0.4) is 0 Å². The van der Waals surface area contributed by atoms with Gasteiger partial charge < -0.3 is 11.1 Å². The highest BCUT2D eigenvalue weighted by Crippen LogP contribution is 2.13. The van der Waals surface area contributed by atoms with E-state index in [9.17, 15) is 4.79 Å². The molecule has 0 bridgehead atoms. The summed E-state index contributed by atoms with van der Waals surface area (Å²) in [6.07, 6.45) is 0.338. The van der Waals surface area contributed by atoms with Crippen LogP contribution in [0, 0.1) is 0 Å². The number of nitrogens with two attached hydrogens (primary N) is 1. The van der Waals surface area contributed by atoms with Crippen molar-refractivity contribution in [2.24, 2.45) is 5.73 Å². The van der Waals surface area contributed by atoms with Gasteiger partial charge in [0, 0.05) is 18.7 Å². The highest BCUT2D eigenvalue weighted by Gasteiger charge is 2.06. The van der Waals surface area contributed by atoms with Gasteiger partial charge in [-0.3, -0.25) is 4.79 Å². The molecule has 0 atom stereocenters. The van der Waals surface area contributed by atoms with E-state index in [0.29, 0.717) is 12.2 Å². The molecule has 0 saturated heterocycles. The first-order chi connectivity index (χ1) is 7.74. The maximum atomic E-state index is 10.6. The SMILES string of the molecule is CCNCCn1nnnc1SCCC(N)=O. The molecule has 1 rings (SSSR count). The summed E-state index contributed by atoms with van der Waals surface area (Å²) < 4.78 is 1.72. The van der Waals surface area contributed by atoms with Crippen LogP contribution in [-0.4, -0.2) is 45.0 Å². The van der Waals surface area contributed by atoms with Gasteiger partial charge in [-0.2, -0.15) is 0 Å². The second-order valence-corrected chi connectivity index (χ2v) is 4.17. The molecule has 8 heteroatoms. The number of primary amides is 1. The molecule has 0 aliphatic carbocycles. The number of likely N-dealkylation sites (N-methyl/N-ethyl adjacent to an activating group) is 1. The number of carbonyl (C=O) groups excluding carboxylic acids is 1. The van der Waals surface area contributed by atoms with Crippen LogP contribution in [0.2, 0.25) is 0 Å². The quantitative estimate of drug-likeness (QED) is 0.461. The molecule has 90 valence electrons. The monoisotopic (exact) mass is 244 g/mol. The highest BCUT2D eigenvalue weighted by molar-refractivity contribution is 7.99. The van der Waals surface area contributed by atoms with Crippen LogP contribution in [0.15, 0.2) is 5.16 Å². The van der Waals surface area contributed by atoms with Gasteiger partial charge in [0.15, 0.2) is 0 Å². The Bertz CT molecular complexity index is 328. The number of aromatic nitrogens is 4. The van der Waals surface area contributed by atoms with Gasteiger partial charge in [-0.05, 0) is 17.0 Å². The van der Waals surface area contributed by atoms with Gasteiger partial charge in [-0.15, -0.1) is 5.10 Å². The van der Waals surface area contributed by atoms with Crippen molar-refractivity contribution in [3.8, 4) is 0 Å². The minimum atomic E-state index is -0.306. The number of tetrazole rings is 1. The van der Waals surface area contributed by atoms with Crippen molar-refractivity contribution < 1.29 is 4.79 Å². The lowest BCUT2D eigenvalue weighted by molar-refractivity contribution is -0.117. The van der Waals surface area contributed by atoms with E-state index < -0.39 is 0 Å². The Balaban J connectivity index is 2.34. The van der Waals surface area contributed by atoms with Crippen molar-refractivity contribution >= 4 is 17.7 Å². The molecule has 0 unspecified atom stereocenters. The largest absolute Gasteiger partial charge is 0.370 e. The van der Waals surface area contributed by atoms with Crippen LogP contribution in [0.25, 0.3) is 0 Å². The molecule has 0 aliphatic rings. The summed E-state index contributed by atoms with van der Waals surface area (Å²) in [6.45, 7) is 4.51. The first kappa shape index (κ1) is 12.9. The van der Waals surface area contributed by atoms with Crippen molar-refractivity contribution in [3.63, 3.8) is 0 Å². The molecule has 0 radical (unpaired) electrons. The van der Waals surface area contributed by atoms with Crippen molar-refractivity contribution in [1.82, 2.24) is 25.5 Å². The van der Waals surface area contributed by atoms with Gasteiger partial charge in [0.2, 0.25) is 11.1 Å². The fourth-order valence-corrected chi connectivity index (χ4v) is 1.90. The van der Waals surface area contributed by atoms with E-state index in [-0.39, 0.29) is 5.91 Å². The van der Waals surface area contributed by atoms with Crippen molar-refractivity contribution in [1.29, 1.82) is 0 Å². The lowest BCUT2D eigenvalue weighted by Gasteiger charge is -2.03. The molecule has 0 saturated carbocycles. The zero-order valence-electron chi connectivity index (χ0n) is 9.22. The van der Waals surface area contributed by atoms with Crippen LogP contribution in [0.1, 0.15) is 13.3 Å². The van der Waals surface area contributed by atoms with Crippen LogP contribution in [-0.2, 0) is 11.3 Å². The maximum Gasteiger partial charge on any atom is 0.218 e. The zero-order chi connectivity index (χ0) is 11.8. The van der Waals surface area contributed by atoms with E-state index >= 15 is 0 Å². The summed E-state index contributed by atoms with van der Waals surface area (Å²) in [5.74, 6) is 0.302. The number of amides is 1. The number of rotatable bonds is 8. The molecule has 1 heterocycles. The Morgan fingerprint density at radius 3 is 3.12 bits per heavy atom. The van der Waals surface area contributed by atoms with Crippen LogP contribution in [0.4, 0.5) is 0 Å².